The number of sulfonamides is 1. The zero-order chi connectivity index (χ0) is 30.1. The van der Waals surface area contributed by atoms with Crippen molar-refractivity contribution in [2.75, 3.05) is 5.32 Å². The van der Waals surface area contributed by atoms with Gasteiger partial charge in [-0.25, -0.2) is 13.1 Å². The van der Waals surface area contributed by atoms with Crippen molar-refractivity contribution in [1.29, 1.82) is 5.26 Å². The molecule has 1 heterocycles. The fourth-order valence-electron chi connectivity index (χ4n) is 5.10. The number of fused-ring (bicyclic) bond motifs is 1. The molecule has 1 atom stereocenters. The van der Waals surface area contributed by atoms with Crippen molar-refractivity contribution in [1.82, 2.24) is 9.62 Å². The summed E-state index contributed by atoms with van der Waals surface area (Å²) in [7, 11) is -3.83. The van der Waals surface area contributed by atoms with Crippen molar-refractivity contribution in [3.05, 3.63) is 119 Å². The normalized spacial score (nSPS) is 13.8. The van der Waals surface area contributed by atoms with E-state index in [1.165, 1.54) is 4.90 Å². The number of carbonyl (C=O) groups excluding carboxylic acids is 2. The zero-order valence-corrected chi connectivity index (χ0v) is 24.3. The van der Waals surface area contributed by atoms with Gasteiger partial charge in [-0.3, -0.25) is 9.59 Å². The van der Waals surface area contributed by atoms with Crippen LogP contribution in [0.5, 0.6) is 0 Å². The van der Waals surface area contributed by atoms with Crippen molar-refractivity contribution >= 4 is 27.5 Å². The van der Waals surface area contributed by atoms with E-state index in [9.17, 15) is 23.3 Å². The summed E-state index contributed by atoms with van der Waals surface area (Å²) in [5.74, 6) is -0.719. The van der Waals surface area contributed by atoms with E-state index in [0.717, 1.165) is 0 Å². The van der Waals surface area contributed by atoms with Gasteiger partial charge >= 0.3 is 0 Å². The highest BCUT2D eigenvalue weighted by Gasteiger charge is 2.38. The molecule has 0 saturated heterocycles. The molecule has 212 valence electrons. The molecule has 0 bridgehead atoms. The molecule has 0 spiro atoms. The van der Waals surface area contributed by atoms with Crippen molar-refractivity contribution in [2.24, 2.45) is 0 Å². The maximum Gasteiger partial charge on any atom is 0.255 e. The highest BCUT2D eigenvalue weighted by Crippen LogP contribution is 2.36. The van der Waals surface area contributed by atoms with E-state index in [2.05, 4.69) is 16.1 Å². The Morgan fingerprint density at radius 1 is 0.905 bits per heavy atom. The summed E-state index contributed by atoms with van der Waals surface area (Å²) in [6, 6.07) is 28.7. The van der Waals surface area contributed by atoms with E-state index < -0.39 is 27.5 Å². The minimum atomic E-state index is -3.83. The van der Waals surface area contributed by atoms with Gasteiger partial charge in [0.2, 0.25) is 10.0 Å². The summed E-state index contributed by atoms with van der Waals surface area (Å²) in [6.07, 6.45) is 0. The van der Waals surface area contributed by atoms with E-state index in [0.29, 0.717) is 39.1 Å². The monoisotopic (exact) mass is 578 g/mol. The van der Waals surface area contributed by atoms with Crippen molar-refractivity contribution in [2.45, 2.75) is 43.8 Å². The van der Waals surface area contributed by atoms with E-state index in [1.807, 2.05) is 12.1 Å². The Hall–Kier alpha value is -4.78. The lowest BCUT2D eigenvalue weighted by molar-refractivity contribution is -0.120. The molecular weight excluding hydrogens is 548 g/mol. The Kier molecular flexibility index (Phi) is 7.69. The lowest BCUT2D eigenvalue weighted by Gasteiger charge is -2.27. The topological polar surface area (TPSA) is 119 Å². The Bertz CT molecular complexity index is 1820. The van der Waals surface area contributed by atoms with E-state index in [-0.39, 0.29) is 17.3 Å². The van der Waals surface area contributed by atoms with E-state index in [4.69, 9.17) is 0 Å². The van der Waals surface area contributed by atoms with Gasteiger partial charge in [0, 0.05) is 28.9 Å². The van der Waals surface area contributed by atoms with Gasteiger partial charge in [0.25, 0.3) is 11.8 Å². The molecule has 1 unspecified atom stereocenters. The number of hydrogen-bond donors (Lipinski definition) is 2. The third kappa shape index (κ3) is 5.96. The van der Waals surface area contributed by atoms with Crippen LogP contribution in [0.1, 0.15) is 53.9 Å². The predicted molar refractivity (Wildman–Crippen MR) is 161 cm³/mol. The first kappa shape index (κ1) is 28.7. The first-order valence-electron chi connectivity index (χ1n) is 13.4. The summed E-state index contributed by atoms with van der Waals surface area (Å²) in [5, 5.41) is 12.1. The maximum atomic E-state index is 13.7. The number of nitrogens with one attached hydrogen (secondary N) is 2. The minimum absolute atomic E-state index is 0.141. The largest absolute Gasteiger partial charge is 0.324 e. The minimum Gasteiger partial charge on any atom is -0.324 e. The average Bonchev–Trinajstić information content (AvgIpc) is 3.27. The molecular formula is C33H30N4O4S. The van der Waals surface area contributed by atoms with Crippen molar-refractivity contribution in [3.63, 3.8) is 0 Å². The fraction of sp³-hybridized carbons (Fsp3) is 0.182. The van der Waals surface area contributed by atoms with Crippen LogP contribution >= 0.6 is 0 Å². The average molecular weight is 579 g/mol. The molecule has 0 saturated carbocycles. The lowest BCUT2D eigenvalue weighted by Crippen LogP contribution is -2.40. The summed E-state index contributed by atoms with van der Waals surface area (Å²) in [5.41, 5.74) is 3.12. The molecule has 5 rings (SSSR count). The standard InChI is InChI=1S/C33H30N4O4S/c1-33(2,3)36-42(40,41)29-15-8-7-14-27(29)24-16-17-28-25(19-24)21-37(32(28)39)30(23-11-5-4-6-12-23)31(38)35-26-13-9-10-22(18-26)20-34/h4-19,30,36H,21H2,1-3H3,(H,35,38). The van der Waals surface area contributed by atoms with Crippen LogP contribution in [0, 0.1) is 11.3 Å². The molecule has 4 aromatic carbocycles. The van der Waals surface area contributed by atoms with E-state index >= 15 is 0 Å². The van der Waals surface area contributed by atoms with Crippen LogP contribution in [0.2, 0.25) is 0 Å². The highest BCUT2D eigenvalue weighted by molar-refractivity contribution is 7.89. The van der Waals surface area contributed by atoms with Gasteiger partial charge in [0.15, 0.2) is 0 Å². The molecule has 1 aliphatic rings. The first-order chi connectivity index (χ1) is 20.0. The quantitative estimate of drug-likeness (QED) is 0.294. The molecule has 1 aliphatic heterocycles. The number of anilines is 1. The molecule has 0 aromatic heterocycles. The van der Waals surface area contributed by atoms with Gasteiger partial charge < -0.3 is 10.2 Å². The van der Waals surface area contributed by atoms with Crippen LogP contribution in [-0.4, -0.2) is 30.7 Å². The Morgan fingerprint density at radius 2 is 1.62 bits per heavy atom. The maximum absolute atomic E-state index is 13.7. The molecule has 2 N–H and O–H groups in total. The smallest absolute Gasteiger partial charge is 0.255 e. The van der Waals surface area contributed by atoms with Crippen molar-refractivity contribution in [3.8, 4) is 17.2 Å². The fourth-order valence-corrected chi connectivity index (χ4v) is 6.75. The third-order valence-corrected chi connectivity index (χ3v) is 8.62. The van der Waals surface area contributed by atoms with Gasteiger partial charge in [0.05, 0.1) is 16.5 Å². The molecule has 9 heteroatoms. The second-order valence-electron chi connectivity index (χ2n) is 11.2. The van der Waals surface area contributed by atoms with Crippen LogP contribution in [-0.2, 0) is 21.4 Å². The Morgan fingerprint density at radius 3 is 2.33 bits per heavy atom. The van der Waals surface area contributed by atoms with Gasteiger partial charge in [-0.15, -0.1) is 0 Å². The molecule has 42 heavy (non-hydrogen) atoms. The molecule has 2 amide bonds. The van der Waals surface area contributed by atoms with Gasteiger partial charge in [-0.05, 0) is 73.9 Å². The van der Waals surface area contributed by atoms with Crippen LogP contribution in [0.4, 0.5) is 5.69 Å². The lowest BCUT2D eigenvalue weighted by atomic mass is 10.0. The number of carbonyl (C=O) groups is 2. The number of amides is 2. The Balaban J connectivity index is 1.50. The van der Waals surface area contributed by atoms with Crippen LogP contribution in [0.3, 0.4) is 0 Å². The van der Waals surface area contributed by atoms with E-state index in [1.54, 1.807) is 106 Å². The number of nitrogens with zero attached hydrogens (tertiary/aromatic N) is 2. The number of nitriles is 1. The molecule has 0 radical (unpaired) electrons. The van der Waals surface area contributed by atoms with Gasteiger partial charge in [0.1, 0.15) is 6.04 Å². The Labute approximate surface area is 245 Å². The number of hydrogen-bond acceptors (Lipinski definition) is 5. The van der Waals surface area contributed by atoms with Crippen LogP contribution in [0.15, 0.2) is 102 Å². The second-order valence-corrected chi connectivity index (χ2v) is 12.8. The van der Waals surface area contributed by atoms with Crippen LogP contribution < -0.4 is 10.0 Å². The van der Waals surface area contributed by atoms with Crippen molar-refractivity contribution < 1.29 is 18.0 Å². The van der Waals surface area contributed by atoms with Gasteiger partial charge in [-0.2, -0.15) is 5.26 Å². The summed E-state index contributed by atoms with van der Waals surface area (Å²) < 4.78 is 29.2. The number of rotatable bonds is 7. The SMILES string of the molecule is CC(C)(C)NS(=O)(=O)c1ccccc1-c1ccc2c(c1)CN(C(C(=O)Nc1cccc(C#N)c1)c1ccccc1)C2=O. The third-order valence-electron chi connectivity index (χ3n) is 6.80. The molecule has 0 fully saturated rings. The second kappa shape index (κ2) is 11.2. The first-order valence-corrected chi connectivity index (χ1v) is 14.9. The molecule has 0 aliphatic carbocycles. The van der Waals surface area contributed by atoms with Crippen LogP contribution in [0.25, 0.3) is 11.1 Å². The predicted octanol–water partition coefficient (Wildman–Crippen LogP) is 5.64. The summed E-state index contributed by atoms with van der Waals surface area (Å²) in [4.78, 5) is 29.0. The number of benzene rings is 4. The van der Waals surface area contributed by atoms with Gasteiger partial charge in [-0.1, -0.05) is 60.7 Å². The summed E-state index contributed by atoms with van der Waals surface area (Å²) in [6.45, 7) is 5.50. The molecule has 8 nitrogen and oxygen atoms in total. The highest BCUT2D eigenvalue weighted by atomic mass is 32.2. The summed E-state index contributed by atoms with van der Waals surface area (Å²) >= 11 is 0. The molecule has 4 aromatic rings. The zero-order valence-electron chi connectivity index (χ0n) is 23.5.